The third-order valence-corrected chi connectivity index (χ3v) is 1.59. The lowest BCUT2D eigenvalue weighted by Gasteiger charge is -2.03. The Hall–Kier alpha value is -2.30. The van der Waals surface area contributed by atoms with Gasteiger partial charge in [-0.15, -0.1) is 0 Å². The minimum atomic E-state index is -0.833. The maximum atomic E-state index is 11.2. The summed E-state index contributed by atoms with van der Waals surface area (Å²) >= 11 is 0. The molecule has 18 heavy (non-hydrogen) atoms. The maximum Gasteiger partial charge on any atom is 0.342 e. The molecule has 5 heteroatoms. The number of esters is 1. The zero-order valence-electron chi connectivity index (χ0n) is 10.4. The summed E-state index contributed by atoms with van der Waals surface area (Å²) in [6.07, 6.45) is 1.11. The van der Waals surface area contributed by atoms with Gasteiger partial charge in [0.1, 0.15) is 5.75 Å². The van der Waals surface area contributed by atoms with E-state index in [-0.39, 0.29) is 0 Å². The van der Waals surface area contributed by atoms with Gasteiger partial charge in [0.25, 0.3) is 5.97 Å². The molecule has 0 fully saturated rings. The van der Waals surface area contributed by atoms with Crippen molar-refractivity contribution in [2.24, 2.45) is 0 Å². The fraction of sp³-hybridized carbons (Fsp3) is 0.231. The van der Waals surface area contributed by atoms with Gasteiger partial charge in [0.2, 0.25) is 0 Å². The van der Waals surface area contributed by atoms with E-state index in [1.54, 1.807) is 24.3 Å². The number of carbonyl (C=O) groups excluding carboxylic acids is 1. The highest BCUT2D eigenvalue weighted by Gasteiger charge is 2.04. The molecule has 0 aliphatic heterocycles. The van der Waals surface area contributed by atoms with E-state index in [0.29, 0.717) is 12.2 Å². The van der Waals surface area contributed by atoms with Crippen molar-refractivity contribution in [3.8, 4) is 5.75 Å². The van der Waals surface area contributed by atoms with Crippen LogP contribution in [0.15, 0.2) is 37.1 Å². The van der Waals surface area contributed by atoms with E-state index < -0.39 is 11.9 Å². The predicted molar refractivity (Wildman–Crippen MR) is 66.5 cm³/mol. The normalized spacial score (nSPS) is 8.56. The van der Waals surface area contributed by atoms with Gasteiger partial charge in [0, 0.05) is 6.92 Å². The predicted octanol–water partition coefficient (Wildman–Crippen LogP) is 2.48. The second-order valence-electron chi connectivity index (χ2n) is 3.05. The first kappa shape index (κ1) is 15.7. The largest absolute Gasteiger partial charge is 0.494 e. The van der Waals surface area contributed by atoms with Gasteiger partial charge in [0.05, 0.1) is 18.4 Å². The number of aliphatic carboxylic acids is 1. The van der Waals surface area contributed by atoms with Gasteiger partial charge in [-0.05, 0) is 31.2 Å². The van der Waals surface area contributed by atoms with Gasteiger partial charge in [0.15, 0.2) is 0 Å². The molecule has 0 aliphatic carbocycles. The molecule has 98 valence electrons. The number of ether oxygens (including phenoxy) is 2. The summed E-state index contributed by atoms with van der Waals surface area (Å²) in [4.78, 5) is 20.2. The Balaban J connectivity index is 0.000000631. The molecule has 0 spiro atoms. The number of rotatable bonds is 4. The molecule has 1 rings (SSSR count). The highest BCUT2D eigenvalue weighted by atomic mass is 16.5. The highest BCUT2D eigenvalue weighted by molar-refractivity contribution is 5.89. The molecule has 1 aromatic rings. The molecule has 0 atom stereocenters. The Bertz CT molecular complexity index is 390. The SMILES string of the molecule is C=COC(=O)c1ccc(OCC)cc1.CC(=O)O. The third-order valence-electron chi connectivity index (χ3n) is 1.59. The van der Waals surface area contributed by atoms with Crippen LogP contribution in [0, 0.1) is 0 Å². The summed E-state index contributed by atoms with van der Waals surface area (Å²) in [5.41, 5.74) is 0.480. The number of carbonyl (C=O) groups is 2. The van der Waals surface area contributed by atoms with Crippen LogP contribution in [0.4, 0.5) is 0 Å². The number of benzene rings is 1. The Morgan fingerprint density at radius 3 is 2.22 bits per heavy atom. The molecule has 0 bridgehead atoms. The third kappa shape index (κ3) is 7.05. The standard InChI is InChI=1S/C11H12O3.C2H4O2/c1-3-13-10-7-5-9(6-8-10)11(12)14-4-2;1-2(3)4/h4-8H,2-3H2,1H3;1H3,(H,3,4). The van der Waals surface area contributed by atoms with Crippen LogP contribution in [0.1, 0.15) is 24.2 Å². The van der Waals surface area contributed by atoms with Crippen molar-refractivity contribution < 1.29 is 24.2 Å². The van der Waals surface area contributed by atoms with Gasteiger partial charge in [-0.3, -0.25) is 4.79 Å². The summed E-state index contributed by atoms with van der Waals surface area (Å²) in [5, 5.41) is 7.42. The van der Waals surface area contributed by atoms with Crippen LogP contribution in [0.5, 0.6) is 5.75 Å². The number of carboxylic acids is 1. The molecule has 0 heterocycles. The second-order valence-corrected chi connectivity index (χ2v) is 3.05. The van der Waals surface area contributed by atoms with Crippen LogP contribution in [0.2, 0.25) is 0 Å². The molecule has 0 saturated heterocycles. The minimum Gasteiger partial charge on any atom is -0.494 e. The van der Waals surface area contributed by atoms with Crippen LogP contribution in [0.3, 0.4) is 0 Å². The van der Waals surface area contributed by atoms with Gasteiger partial charge < -0.3 is 14.6 Å². The van der Waals surface area contributed by atoms with E-state index >= 15 is 0 Å². The molecule has 0 amide bonds. The Kier molecular flexibility index (Phi) is 7.68. The first-order valence-electron chi connectivity index (χ1n) is 5.25. The number of carboxylic acid groups (broad SMARTS) is 1. The molecular formula is C13H16O5. The first-order valence-corrected chi connectivity index (χ1v) is 5.25. The average molecular weight is 252 g/mol. The molecule has 5 nitrogen and oxygen atoms in total. The van der Waals surface area contributed by atoms with Gasteiger partial charge in [-0.1, -0.05) is 6.58 Å². The molecule has 0 saturated carbocycles. The lowest BCUT2D eigenvalue weighted by molar-refractivity contribution is -0.134. The van der Waals surface area contributed by atoms with Crippen LogP contribution in [0.25, 0.3) is 0 Å². The molecular weight excluding hydrogens is 236 g/mol. The van der Waals surface area contributed by atoms with Crippen molar-refractivity contribution in [2.45, 2.75) is 13.8 Å². The van der Waals surface area contributed by atoms with E-state index in [2.05, 4.69) is 11.3 Å². The fourth-order valence-electron chi connectivity index (χ4n) is 0.998. The summed E-state index contributed by atoms with van der Waals surface area (Å²) < 4.78 is 9.84. The minimum absolute atomic E-state index is 0.414. The quantitative estimate of drug-likeness (QED) is 0.658. The summed E-state index contributed by atoms with van der Waals surface area (Å²) in [6.45, 7) is 6.90. The summed E-state index contributed by atoms with van der Waals surface area (Å²) in [6, 6.07) is 6.75. The van der Waals surface area contributed by atoms with E-state index in [9.17, 15) is 4.79 Å². The Morgan fingerprint density at radius 2 is 1.83 bits per heavy atom. The molecule has 0 aliphatic rings. The van der Waals surface area contributed by atoms with Crippen molar-refractivity contribution in [1.29, 1.82) is 0 Å². The zero-order valence-corrected chi connectivity index (χ0v) is 10.4. The summed E-state index contributed by atoms with van der Waals surface area (Å²) in [7, 11) is 0. The van der Waals surface area contributed by atoms with Crippen molar-refractivity contribution >= 4 is 11.9 Å². The lowest BCUT2D eigenvalue weighted by atomic mass is 10.2. The Labute approximate surface area is 106 Å². The topological polar surface area (TPSA) is 72.8 Å². The maximum absolute atomic E-state index is 11.2. The molecule has 0 aromatic heterocycles. The van der Waals surface area contributed by atoms with Crippen molar-refractivity contribution in [1.82, 2.24) is 0 Å². The Morgan fingerprint density at radius 1 is 1.33 bits per heavy atom. The number of hydrogen-bond acceptors (Lipinski definition) is 4. The lowest BCUT2D eigenvalue weighted by Crippen LogP contribution is -2.00. The van der Waals surface area contributed by atoms with E-state index in [1.165, 1.54) is 0 Å². The van der Waals surface area contributed by atoms with E-state index in [1.807, 2.05) is 6.92 Å². The van der Waals surface area contributed by atoms with Crippen molar-refractivity contribution in [3.05, 3.63) is 42.7 Å². The van der Waals surface area contributed by atoms with Gasteiger partial charge in [-0.2, -0.15) is 0 Å². The van der Waals surface area contributed by atoms with Gasteiger partial charge >= 0.3 is 5.97 Å². The molecule has 0 unspecified atom stereocenters. The van der Waals surface area contributed by atoms with Gasteiger partial charge in [-0.25, -0.2) is 4.79 Å². The molecule has 0 radical (unpaired) electrons. The van der Waals surface area contributed by atoms with Crippen molar-refractivity contribution in [3.63, 3.8) is 0 Å². The monoisotopic (exact) mass is 252 g/mol. The zero-order chi connectivity index (χ0) is 14.0. The van der Waals surface area contributed by atoms with E-state index in [4.69, 9.17) is 14.6 Å². The molecule has 1 aromatic carbocycles. The second kappa shape index (κ2) is 8.81. The van der Waals surface area contributed by atoms with Crippen LogP contribution < -0.4 is 4.74 Å². The highest BCUT2D eigenvalue weighted by Crippen LogP contribution is 2.12. The fourth-order valence-corrected chi connectivity index (χ4v) is 0.998. The number of hydrogen-bond donors (Lipinski definition) is 1. The van der Waals surface area contributed by atoms with Crippen LogP contribution >= 0.6 is 0 Å². The molecule has 1 N–H and O–H groups in total. The first-order chi connectivity index (χ1) is 8.51. The van der Waals surface area contributed by atoms with E-state index in [0.717, 1.165) is 18.9 Å². The van der Waals surface area contributed by atoms with Crippen LogP contribution in [-0.2, 0) is 9.53 Å². The summed E-state index contributed by atoms with van der Waals surface area (Å²) in [5.74, 6) is -0.509. The van der Waals surface area contributed by atoms with Crippen molar-refractivity contribution in [2.75, 3.05) is 6.61 Å². The van der Waals surface area contributed by atoms with Crippen LogP contribution in [-0.4, -0.2) is 23.7 Å². The average Bonchev–Trinajstić information content (AvgIpc) is 2.30. The smallest absolute Gasteiger partial charge is 0.342 e.